The van der Waals surface area contributed by atoms with Gasteiger partial charge in [-0.2, -0.15) is 13.5 Å². The third-order valence-corrected chi connectivity index (χ3v) is 5.10. The molecule has 2 aromatic heterocycles. The SMILES string of the molecule is Cn1ccc(S(=O)(=O)Nc2nc3n(c2C(=O)OC(C)(C)C)CCCC3)n1. The lowest BCUT2D eigenvalue weighted by molar-refractivity contribution is 0.00580. The molecule has 0 bridgehead atoms. The third-order valence-electron chi connectivity index (χ3n) is 3.87. The first-order valence-corrected chi connectivity index (χ1v) is 9.90. The molecule has 1 aliphatic rings. The number of esters is 1. The average molecular weight is 381 g/mol. The topological polar surface area (TPSA) is 108 Å². The van der Waals surface area contributed by atoms with Gasteiger partial charge in [0.2, 0.25) is 0 Å². The van der Waals surface area contributed by atoms with Gasteiger partial charge in [0.25, 0.3) is 10.0 Å². The largest absolute Gasteiger partial charge is 0.455 e. The Labute approximate surface area is 152 Å². The molecule has 0 spiro atoms. The van der Waals surface area contributed by atoms with Crippen molar-refractivity contribution in [2.45, 2.75) is 57.2 Å². The van der Waals surface area contributed by atoms with Crippen LogP contribution in [0.15, 0.2) is 17.3 Å². The number of aryl methyl sites for hydroxylation is 2. The van der Waals surface area contributed by atoms with Crippen LogP contribution in [-0.2, 0) is 34.8 Å². The number of carbonyl (C=O) groups is 1. The molecule has 0 aliphatic carbocycles. The van der Waals surface area contributed by atoms with Gasteiger partial charge in [-0.1, -0.05) is 0 Å². The first-order valence-electron chi connectivity index (χ1n) is 8.42. The first kappa shape index (κ1) is 18.4. The summed E-state index contributed by atoms with van der Waals surface area (Å²) < 4.78 is 36.2. The average Bonchev–Trinajstić information content (AvgIpc) is 3.08. The number of nitrogens with one attached hydrogen (secondary N) is 1. The Hall–Kier alpha value is -2.36. The van der Waals surface area contributed by atoms with Crippen molar-refractivity contribution in [2.75, 3.05) is 4.72 Å². The monoisotopic (exact) mass is 381 g/mol. The summed E-state index contributed by atoms with van der Waals surface area (Å²) in [7, 11) is -2.33. The first-order chi connectivity index (χ1) is 12.1. The van der Waals surface area contributed by atoms with Gasteiger partial charge in [0, 0.05) is 26.2 Å². The van der Waals surface area contributed by atoms with E-state index in [0.29, 0.717) is 18.8 Å². The fraction of sp³-hybridized carbons (Fsp3) is 0.562. The van der Waals surface area contributed by atoms with Crippen LogP contribution in [0.4, 0.5) is 5.82 Å². The van der Waals surface area contributed by atoms with E-state index in [1.54, 1.807) is 32.4 Å². The highest BCUT2D eigenvalue weighted by molar-refractivity contribution is 7.92. The Morgan fingerprint density at radius 1 is 1.31 bits per heavy atom. The number of rotatable bonds is 4. The second-order valence-electron chi connectivity index (χ2n) is 7.27. The van der Waals surface area contributed by atoms with Crippen molar-refractivity contribution in [3.05, 3.63) is 23.8 Å². The predicted molar refractivity (Wildman–Crippen MR) is 94.4 cm³/mol. The van der Waals surface area contributed by atoms with Crippen LogP contribution in [0.25, 0.3) is 0 Å². The van der Waals surface area contributed by atoms with E-state index in [1.807, 2.05) is 0 Å². The van der Waals surface area contributed by atoms with E-state index in [0.717, 1.165) is 12.8 Å². The number of imidazole rings is 1. The van der Waals surface area contributed by atoms with Gasteiger partial charge < -0.3 is 9.30 Å². The number of hydrogen-bond acceptors (Lipinski definition) is 6. The summed E-state index contributed by atoms with van der Waals surface area (Å²) in [6, 6.07) is 1.38. The highest BCUT2D eigenvalue weighted by atomic mass is 32.2. The molecule has 0 atom stereocenters. The van der Waals surface area contributed by atoms with Gasteiger partial charge in [-0.25, -0.2) is 9.78 Å². The van der Waals surface area contributed by atoms with Crippen molar-refractivity contribution in [3.8, 4) is 0 Å². The molecule has 9 nitrogen and oxygen atoms in total. The molecule has 0 unspecified atom stereocenters. The van der Waals surface area contributed by atoms with Gasteiger partial charge in [-0.05, 0) is 39.7 Å². The van der Waals surface area contributed by atoms with Crippen LogP contribution < -0.4 is 4.72 Å². The summed E-state index contributed by atoms with van der Waals surface area (Å²) in [5, 5.41) is 3.77. The number of ether oxygens (including phenoxy) is 1. The smallest absolute Gasteiger partial charge is 0.359 e. The van der Waals surface area contributed by atoms with Gasteiger partial charge in [0.15, 0.2) is 16.5 Å². The van der Waals surface area contributed by atoms with Crippen LogP contribution in [0.1, 0.15) is 49.9 Å². The van der Waals surface area contributed by atoms with Crippen LogP contribution in [0.5, 0.6) is 0 Å². The number of hydrogen-bond donors (Lipinski definition) is 1. The number of aromatic nitrogens is 4. The van der Waals surface area contributed by atoms with Gasteiger partial charge in [0.1, 0.15) is 11.4 Å². The maximum atomic E-state index is 12.7. The third kappa shape index (κ3) is 3.74. The quantitative estimate of drug-likeness (QED) is 0.808. The molecule has 1 N–H and O–H groups in total. The van der Waals surface area contributed by atoms with Crippen molar-refractivity contribution >= 4 is 21.8 Å². The molecule has 0 saturated carbocycles. The Bertz CT molecular complexity index is 936. The Morgan fingerprint density at radius 2 is 2.04 bits per heavy atom. The molecule has 26 heavy (non-hydrogen) atoms. The number of fused-ring (bicyclic) bond motifs is 1. The molecular weight excluding hydrogens is 358 g/mol. The second-order valence-corrected chi connectivity index (χ2v) is 8.90. The Morgan fingerprint density at radius 3 is 2.65 bits per heavy atom. The van der Waals surface area contributed by atoms with Gasteiger partial charge in [-0.3, -0.25) is 9.40 Å². The van der Waals surface area contributed by atoms with Crippen LogP contribution >= 0.6 is 0 Å². The van der Waals surface area contributed by atoms with E-state index >= 15 is 0 Å². The van der Waals surface area contributed by atoms with Crippen LogP contribution in [0.2, 0.25) is 0 Å². The Kier molecular flexibility index (Phi) is 4.55. The van der Waals surface area contributed by atoms with Crippen LogP contribution in [-0.4, -0.2) is 39.3 Å². The van der Waals surface area contributed by atoms with Crippen molar-refractivity contribution in [2.24, 2.45) is 7.05 Å². The Balaban J connectivity index is 2.01. The lowest BCUT2D eigenvalue weighted by Gasteiger charge is -2.21. The van der Waals surface area contributed by atoms with E-state index in [2.05, 4.69) is 14.8 Å². The maximum Gasteiger partial charge on any atom is 0.359 e. The minimum atomic E-state index is -3.96. The summed E-state index contributed by atoms with van der Waals surface area (Å²) in [6.45, 7) is 5.88. The van der Waals surface area contributed by atoms with E-state index in [-0.39, 0.29) is 16.5 Å². The normalized spacial score (nSPS) is 14.8. The molecule has 2 aromatic rings. The minimum absolute atomic E-state index is 0.0122. The van der Waals surface area contributed by atoms with E-state index < -0.39 is 21.6 Å². The summed E-state index contributed by atoms with van der Waals surface area (Å²) >= 11 is 0. The summed E-state index contributed by atoms with van der Waals surface area (Å²) in [5.41, 5.74) is -0.567. The molecule has 0 fully saturated rings. The zero-order valence-electron chi connectivity index (χ0n) is 15.3. The zero-order valence-corrected chi connectivity index (χ0v) is 16.1. The van der Waals surface area contributed by atoms with Gasteiger partial charge >= 0.3 is 5.97 Å². The van der Waals surface area contributed by atoms with Gasteiger partial charge in [0.05, 0.1) is 0 Å². The van der Waals surface area contributed by atoms with Gasteiger partial charge in [-0.15, -0.1) is 0 Å². The molecule has 3 heterocycles. The highest BCUT2D eigenvalue weighted by Gasteiger charge is 2.31. The number of anilines is 1. The molecule has 0 amide bonds. The standard InChI is InChI=1S/C16H23N5O4S/c1-16(2,3)25-15(22)13-14(17-11-7-5-6-9-21(11)13)19-26(23,24)12-8-10-20(4)18-12/h8,10,19H,5-7,9H2,1-4H3. The number of nitrogens with zero attached hydrogens (tertiary/aromatic N) is 4. The molecule has 10 heteroatoms. The maximum absolute atomic E-state index is 12.7. The minimum Gasteiger partial charge on any atom is -0.455 e. The van der Waals surface area contributed by atoms with Crippen molar-refractivity contribution in [1.82, 2.24) is 19.3 Å². The molecule has 1 aliphatic heterocycles. The van der Waals surface area contributed by atoms with Crippen molar-refractivity contribution < 1.29 is 17.9 Å². The van der Waals surface area contributed by atoms with E-state index in [9.17, 15) is 13.2 Å². The molecule has 0 aromatic carbocycles. The molecule has 3 rings (SSSR count). The lowest BCUT2D eigenvalue weighted by atomic mass is 10.1. The lowest BCUT2D eigenvalue weighted by Crippen LogP contribution is -2.27. The van der Waals surface area contributed by atoms with E-state index in [4.69, 9.17) is 4.74 Å². The van der Waals surface area contributed by atoms with Crippen molar-refractivity contribution in [1.29, 1.82) is 0 Å². The van der Waals surface area contributed by atoms with Crippen LogP contribution in [0, 0.1) is 0 Å². The molecule has 142 valence electrons. The summed E-state index contributed by atoms with van der Waals surface area (Å²) in [5.74, 6) is 0.0644. The summed E-state index contributed by atoms with van der Waals surface area (Å²) in [4.78, 5) is 17.1. The number of sulfonamides is 1. The van der Waals surface area contributed by atoms with Crippen molar-refractivity contribution in [3.63, 3.8) is 0 Å². The second kappa shape index (κ2) is 6.42. The molecule has 0 radical (unpaired) electrons. The zero-order chi connectivity index (χ0) is 19.1. The number of carbonyl (C=O) groups excluding carboxylic acids is 1. The van der Waals surface area contributed by atoms with E-state index in [1.165, 1.54) is 16.9 Å². The highest BCUT2D eigenvalue weighted by Crippen LogP contribution is 2.27. The summed E-state index contributed by atoms with van der Waals surface area (Å²) in [6.07, 6.45) is 4.05. The molecule has 0 saturated heterocycles. The molecular formula is C16H23N5O4S. The van der Waals surface area contributed by atoms with Crippen LogP contribution in [0.3, 0.4) is 0 Å². The fourth-order valence-electron chi connectivity index (χ4n) is 2.81. The predicted octanol–water partition coefficient (Wildman–Crippen LogP) is 1.71. The fourth-order valence-corrected chi connectivity index (χ4v) is 3.78.